The number of aryl methyl sites for hydroxylation is 1. The van der Waals surface area contributed by atoms with E-state index in [0.29, 0.717) is 12.0 Å². The van der Waals surface area contributed by atoms with Crippen LogP contribution in [0.15, 0.2) is 24.4 Å². The summed E-state index contributed by atoms with van der Waals surface area (Å²) in [5.74, 6) is 4.29. The summed E-state index contributed by atoms with van der Waals surface area (Å²) in [4.78, 5) is 13.2. The molecular weight excluding hydrogens is 316 g/mol. The lowest BCUT2D eigenvalue weighted by molar-refractivity contribution is 0.486. The second-order valence-corrected chi connectivity index (χ2v) is 6.93. The molecule has 0 radical (unpaired) electrons. The zero-order valence-corrected chi connectivity index (χ0v) is 14.4. The number of anilines is 2. The van der Waals surface area contributed by atoms with Crippen LogP contribution in [-0.2, 0) is 0 Å². The first kappa shape index (κ1) is 14.6. The minimum Gasteiger partial charge on any atom is -0.353 e. The first-order valence-electron chi connectivity index (χ1n) is 8.69. The van der Waals surface area contributed by atoms with Crippen molar-refractivity contribution in [2.45, 2.75) is 31.7 Å². The van der Waals surface area contributed by atoms with Crippen molar-refractivity contribution < 1.29 is 0 Å². The molecule has 1 aliphatic carbocycles. The molecule has 1 aliphatic heterocycles. The Labute approximate surface area is 145 Å². The summed E-state index contributed by atoms with van der Waals surface area (Å²) in [7, 11) is 2.09. The molecular formula is C17H20N8. The summed E-state index contributed by atoms with van der Waals surface area (Å²) in [6, 6.07) is 6.42. The number of fused-ring (bicyclic) bond motifs is 1. The Morgan fingerprint density at radius 3 is 2.72 bits per heavy atom. The van der Waals surface area contributed by atoms with Crippen molar-refractivity contribution in [3.8, 4) is 0 Å². The number of hydrogen-bond donors (Lipinski definition) is 0. The van der Waals surface area contributed by atoms with Crippen molar-refractivity contribution in [1.29, 1.82) is 0 Å². The normalized spacial score (nSPS) is 17.8. The summed E-state index contributed by atoms with van der Waals surface area (Å²) in [5, 5.41) is 13.3. The van der Waals surface area contributed by atoms with Crippen molar-refractivity contribution in [3.05, 3.63) is 36.0 Å². The highest BCUT2D eigenvalue weighted by molar-refractivity contribution is 5.50. The van der Waals surface area contributed by atoms with Gasteiger partial charge in [0.1, 0.15) is 17.5 Å². The second-order valence-electron chi connectivity index (χ2n) is 6.93. The number of aromatic nitrogens is 6. The van der Waals surface area contributed by atoms with Gasteiger partial charge in [-0.25, -0.2) is 9.97 Å². The summed E-state index contributed by atoms with van der Waals surface area (Å²) >= 11 is 0. The molecule has 8 nitrogen and oxygen atoms in total. The molecule has 5 rings (SSSR count). The van der Waals surface area contributed by atoms with E-state index in [1.165, 1.54) is 12.8 Å². The van der Waals surface area contributed by atoms with Gasteiger partial charge in [-0.15, -0.1) is 15.3 Å². The molecule has 0 aromatic carbocycles. The van der Waals surface area contributed by atoms with E-state index in [2.05, 4.69) is 37.0 Å². The fourth-order valence-corrected chi connectivity index (χ4v) is 3.28. The fourth-order valence-electron chi connectivity index (χ4n) is 3.28. The van der Waals surface area contributed by atoms with Crippen molar-refractivity contribution in [1.82, 2.24) is 29.8 Å². The molecule has 0 amide bonds. The van der Waals surface area contributed by atoms with Crippen molar-refractivity contribution >= 4 is 17.3 Å². The number of hydrogen-bond acceptors (Lipinski definition) is 7. The van der Waals surface area contributed by atoms with E-state index in [9.17, 15) is 0 Å². The summed E-state index contributed by atoms with van der Waals surface area (Å²) in [6.45, 7) is 3.78. The second kappa shape index (κ2) is 5.37. The van der Waals surface area contributed by atoms with Crippen LogP contribution in [-0.4, -0.2) is 56.0 Å². The molecule has 0 spiro atoms. The smallest absolute Gasteiger partial charge is 0.178 e. The first-order chi connectivity index (χ1) is 12.2. The highest BCUT2D eigenvalue weighted by atomic mass is 15.4. The Morgan fingerprint density at radius 1 is 1.12 bits per heavy atom. The third-order valence-electron chi connectivity index (χ3n) is 5.07. The average Bonchev–Trinajstić information content (AvgIpc) is 3.33. The van der Waals surface area contributed by atoms with Crippen LogP contribution in [0.4, 0.5) is 11.6 Å². The lowest BCUT2D eigenvalue weighted by Crippen LogP contribution is -2.59. The molecule has 0 atom stereocenters. The predicted molar refractivity (Wildman–Crippen MR) is 93.9 cm³/mol. The van der Waals surface area contributed by atoms with E-state index in [1.54, 1.807) is 0 Å². The molecule has 25 heavy (non-hydrogen) atoms. The van der Waals surface area contributed by atoms with Crippen LogP contribution in [0.2, 0.25) is 0 Å². The molecule has 128 valence electrons. The quantitative estimate of drug-likeness (QED) is 0.713. The molecule has 0 bridgehead atoms. The Morgan fingerprint density at radius 2 is 1.96 bits per heavy atom. The van der Waals surface area contributed by atoms with E-state index in [1.807, 2.05) is 35.8 Å². The van der Waals surface area contributed by atoms with Gasteiger partial charge in [-0.3, -0.25) is 0 Å². The van der Waals surface area contributed by atoms with E-state index >= 15 is 0 Å². The maximum absolute atomic E-state index is 4.77. The number of nitrogens with zero attached hydrogens (tertiary/aromatic N) is 8. The van der Waals surface area contributed by atoms with Crippen molar-refractivity contribution in [2.75, 3.05) is 29.9 Å². The van der Waals surface area contributed by atoms with E-state index < -0.39 is 0 Å². The van der Waals surface area contributed by atoms with Gasteiger partial charge in [0.05, 0.1) is 6.04 Å². The average molecular weight is 336 g/mol. The monoisotopic (exact) mass is 336 g/mol. The van der Waals surface area contributed by atoms with Crippen LogP contribution in [0, 0.1) is 6.92 Å². The van der Waals surface area contributed by atoms with Gasteiger partial charge < -0.3 is 9.80 Å². The molecule has 2 fully saturated rings. The lowest BCUT2D eigenvalue weighted by Gasteiger charge is -2.44. The van der Waals surface area contributed by atoms with Crippen LogP contribution in [0.3, 0.4) is 0 Å². The highest BCUT2D eigenvalue weighted by Crippen LogP contribution is 2.38. The topological polar surface area (TPSA) is 75.3 Å². The largest absolute Gasteiger partial charge is 0.353 e. The molecule has 1 saturated heterocycles. The fraction of sp³-hybridized carbons (Fsp3) is 0.471. The summed E-state index contributed by atoms with van der Waals surface area (Å²) < 4.78 is 1.91. The maximum atomic E-state index is 4.77. The van der Waals surface area contributed by atoms with Crippen LogP contribution in [0.1, 0.15) is 30.4 Å². The van der Waals surface area contributed by atoms with Gasteiger partial charge in [-0.05, 0) is 38.0 Å². The highest BCUT2D eigenvalue weighted by Gasteiger charge is 2.33. The Hall–Kier alpha value is -2.77. The van der Waals surface area contributed by atoms with Crippen LogP contribution in [0.5, 0.6) is 0 Å². The summed E-state index contributed by atoms with van der Waals surface area (Å²) in [5.41, 5.74) is 0.830. The van der Waals surface area contributed by atoms with Crippen molar-refractivity contribution in [2.24, 2.45) is 0 Å². The zero-order chi connectivity index (χ0) is 17.0. The van der Waals surface area contributed by atoms with Gasteiger partial charge in [-0.1, -0.05) is 0 Å². The summed E-state index contributed by atoms with van der Waals surface area (Å²) in [6.07, 6.45) is 4.20. The molecule has 2 aliphatic rings. The third-order valence-corrected chi connectivity index (χ3v) is 5.07. The van der Waals surface area contributed by atoms with Gasteiger partial charge in [0.25, 0.3) is 0 Å². The predicted octanol–water partition coefficient (Wildman–Crippen LogP) is 1.43. The van der Waals surface area contributed by atoms with Gasteiger partial charge >= 0.3 is 0 Å². The van der Waals surface area contributed by atoms with Crippen LogP contribution >= 0.6 is 0 Å². The minimum absolute atomic E-state index is 0.426. The lowest BCUT2D eigenvalue weighted by atomic mass is 10.1. The van der Waals surface area contributed by atoms with Gasteiger partial charge in [0.15, 0.2) is 11.5 Å². The molecule has 1 saturated carbocycles. The third kappa shape index (κ3) is 2.48. The van der Waals surface area contributed by atoms with Crippen LogP contribution < -0.4 is 9.80 Å². The van der Waals surface area contributed by atoms with Gasteiger partial charge in [0.2, 0.25) is 0 Å². The molecule has 8 heteroatoms. The molecule has 0 N–H and O–H groups in total. The maximum Gasteiger partial charge on any atom is 0.178 e. The first-order valence-corrected chi connectivity index (χ1v) is 8.69. The molecule has 4 heterocycles. The van der Waals surface area contributed by atoms with Gasteiger partial charge in [-0.2, -0.15) is 4.52 Å². The molecule has 3 aromatic rings. The van der Waals surface area contributed by atoms with Gasteiger partial charge in [0, 0.05) is 32.3 Å². The minimum atomic E-state index is 0.426. The van der Waals surface area contributed by atoms with E-state index in [-0.39, 0.29) is 0 Å². The molecule has 0 unspecified atom stereocenters. The number of rotatable bonds is 4. The Balaban J connectivity index is 1.33. The van der Waals surface area contributed by atoms with Crippen molar-refractivity contribution in [3.63, 3.8) is 0 Å². The van der Waals surface area contributed by atoms with Crippen LogP contribution in [0.25, 0.3) is 5.65 Å². The number of likely N-dealkylation sites (N-methyl/N-ethyl adjacent to an activating group) is 1. The zero-order valence-electron chi connectivity index (χ0n) is 14.4. The Bertz CT molecular complexity index is 925. The standard InChI is InChI=1S/C17H20N8/c1-11-18-8-7-14(19-11)23(2)13-9-24(10-13)16-6-5-15-20-21-17(12-3-4-12)25(15)22-16/h5-8,12-13H,3-4,9-10H2,1-2H3. The van der Waals surface area contributed by atoms with E-state index in [4.69, 9.17) is 5.10 Å². The van der Waals surface area contributed by atoms with E-state index in [0.717, 1.165) is 42.0 Å². The molecule has 3 aromatic heterocycles. The SMILES string of the molecule is Cc1nccc(N(C)C2CN(c3ccc4nnc(C5CC5)n4n3)C2)n1. The Kier molecular flexibility index (Phi) is 3.13.